The average molecular weight is 410 g/mol. The highest BCUT2D eigenvalue weighted by Gasteiger charge is 2.25. The molecular formula is C22H22N2O4S. The Kier molecular flexibility index (Phi) is 5.49. The third kappa shape index (κ3) is 4.24. The van der Waals surface area contributed by atoms with Crippen molar-refractivity contribution in [2.24, 2.45) is 0 Å². The Labute approximate surface area is 173 Å². The number of carbonyl (C=O) groups is 2. The number of thiazole rings is 1. The van der Waals surface area contributed by atoms with Gasteiger partial charge in [0.25, 0.3) is 11.1 Å². The fourth-order valence-corrected chi connectivity index (χ4v) is 4.32. The third-order valence-corrected chi connectivity index (χ3v) is 6.02. The number of hydrogen-bond donors (Lipinski definition) is 0. The molecule has 0 atom stereocenters. The summed E-state index contributed by atoms with van der Waals surface area (Å²) in [6.07, 6.45) is 1.56. The molecule has 1 aliphatic rings. The summed E-state index contributed by atoms with van der Waals surface area (Å²) in [4.78, 5) is 30.5. The minimum Gasteiger partial charge on any atom is -0.497 e. The van der Waals surface area contributed by atoms with E-state index in [1.165, 1.54) is 18.3 Å². The van der Waals surface area contributed by atoms with E-state index in [4.69, 9.17) is 9.47 Å². The molecule has 0 N–H and O–H groups in total. The molecule has 29 heavy (non-hydrogen) atoms. The van der Waals surface area contributed by atoms with Crippen molar-refractivity contribution < 1.29 is 19.1 Å². The lowest BCUT2D eigenvalue weighted by Crippen LogP contribution is -2.41. The minimum atomic E-state index is -0.00867. The van der Waals surface area contributed by atoms with Gasteiger partial charge in [-0.3, -0.25) is 9.59 Å². The van der Waals surface area contributed by atoms with Crippen LogP contribution in [0, 0.1) is 0 Å². The fraction of sp³-hybridized carbons (Fsp3) is 0.318. The number of Topliss-reactive ketones (excluding diaryl/α,β-unsaturated/α-hetero) is 1. The van der Waals surface area contributed by atoms with Gasteiger partial charge in [-0.05, 0) is 37.3 Å². The average Bonchev–Trinajstić information content (AvgIpc) is 3.15. The number of hydrogen-bond acceptors (Lipinski definition) is 6. The van der Waals surface area contributed by atoms with E-state index in [-0.39, 0.29) is 17.8 Å². The van der Waals surface area contributed by atoms with Gasteiger partial charge in [0.15, 0.2) is 5.78 Å². The van der Waals surface area contributed by atoms with Gasteiger partial charge in [-0.1, -0.05) is 23.5 Å². The molecule has 1 aliphatic heterocycles. The number of nitrogens with zero attached hydrogens (tertiary/aromatic N) is 2. The number of benzene rings is 2. The van der Waals surface area contributed by atoms with Gasteiger partial charge in [0.05, 0.1) is 17.3 Å². The molecule has 1 fully saturated rings. The van der Waals surface area contributed by atoms with Crippen molar-refractivity contribution in [2.75, 3.05) is 20.2 Å². The Morgan fingerprint density at radius 2 is 1.76 bits per heavy atom. The molecule has 1 amide bonds. The topological polar surface area (TPSA) is 68.7 Å². The molecule has 0 unspecified atom stereocenters. The first kappa shape index (κ1) is 19.4. The van der Waals surface area contributed by atoms with Crippen LogP contribution in [0.3, 0.4) is 0 Å². The third-order valence-electron chi connectivity index (χ3n) is 5.11. The molecule has 0 spiro atoms. The summed E-state index contributed by atoms with van der Waals surface area (Å²) in [5, 5.41) is 0.651. The van der Waals surface area contributed by atoms with E-state index in [1.807, 2.05) is 23.1 Å². The largest absolute Gasteiger partial charge is 0.497 e. The maximum atomic E-state index is 12.7. The zero-order chi connectivity index (χ0) is 20.4. The number of ether oxygens (including phenoxy) is 2. The van der Waals surface area contributed by atoms with E-state index in [0.29, 0.717) is 29.4 Å². The zero-order valence-electron chi connectivity index (χ0n) is 16.4. The molecule has 3 aromatic rings. The number of ketones is 1. The highest BCUT2D eigenvalue weighted by atomic mass is 32.1. The molecule has 7 heteroatoms. The van der Waals surface area contributed by atoms with Gasteiger partial charge in [-0.25, -0.2) is 4.98 Å². The van der Waals surface area contributed by atoms with Crippen LogP contribution in [-0.4, -0.2) is 47.9 Å². The monoisotopic (exact) mass is 410 g/mol. The molecule has 4 rings (SSSR count). The fourth-order valence-electron chi connectivity index (χ4n) is 3.41. The molecule has 0 bridgehead atoms. The molecule has 2 aromatic carbocycles. The van der Waals surface area contributed by atoms with Crippen LogP contribution in [-0.2, 0) is 0 Å². The van der Waals surface area contributed by atoms with E-state index in [2.05, 4.69) is 4.98 Å². The van der Waals surface area contributed by atoms with Crippen molar-refractivity contribution in [2.45, 2.75) is 25.9 Å². The quantitative estimate of drug-likeness (QED) is 0.590. The Balaban J connectivity index is 1.35. The van der Waals surface area contributed by atoms with Gasteiger partial charge in [0.2, 0.25) is 0 Å². The van der Waals surface area contributed by atoms with Crippen molar-refractivity contribution in [1.29, 1.82) is 0 Å². The number of carbonyl (C=O) groups excluding carboxylic acids is 2. The smallest absolute Gasteiger partial charge is 0.274 e. The molecule has 0 radical (unpaired) electrons. The second-order valence-corrected chi connectivity index (χ2v) is 8.05. The summed E-state index contributed by atoms with van der Waals surface area (Å²) in [5.74, 6) is 0.789. The first-order valence-corrected chi connectivity index (χ1v) is 10.4. The first-order chi connectivity index (χ1) is 14.0. The van der Waals surface area contributed by atoms with Crippen molar-refractivity contribution >= 4 is 33.2 Å². The van der Waals surface area contributed by atoms with E-state index >= 15 is 0 Å². The summed E-state index contributed by atoms with van der Waals surface area (Å²) in [6.45, 7) is 2.79. The highest BCUT2D eigenvalue weighted by molar-refractivity contribution is 7.20. The van der Waals surface area contributed by atoms with E-state index in [1.54, 1.807) is 31.4 Å². The van der Waals surface area contributed by atoms with Crippen molar-refractivity contribution in [3.8, 4) is 10.9 Å². The second kappa shape index (κ2) is 8.21. The van der Waals surface area contributed by atoms with Gasteiger partial charge in [-0.15, -0.1) is 0 Å². The number of amides is 1. The van der Waals surface area contributed by atoms with Gasteiger partial charge < -0.3 is 14.4 Å². The lowest BCUT2D eigenvalue weighted by molar-refractivity contribution is 0.0595. The molecule has 150 valence electrons. The molecule has 1 aromatic heterocycles. The summed E-state index contributed by atoms with van der Waals surface area (Å²) < 4.78 is 12.4. The molecular weight excluding hydrogens is 388 g/mol. The second-order valence-electron chi connectivity index (χ2n) is 7.06. The number of piperidine rings is 1. The van der Waals surface area contributed by atoms with Gasteiger partial charge in [0, 0.05) is 37.1 Å². The number of aromatic nitrogens is 1. The Morgan fingerprint density at radius 1 is 1.07 bits per heavy atom. The van der Waals surface area contributed by atoms with Crippen LogP contribution in [0.1, 0.15) is 40.5 Å². The van der Waals surface area contributed by atoms with Gasteiger partial charge in [0.1, 0.15) is 11.9 Å². The zero-order valence-corrected chi connectivity index (χ0v) is 17.2. The normalized spacial score (nSPS) is 14.8. The minimum absolute atomic E-state index is 0.00439. The van der Waals surface area contributed by atoms with Crippen molar-refractivity contribution in [3.63, 3.8) is 0 Å². The van der Waals surface area contributed by atoms with Crippen LogP contribution in [0.5, 0.6) is 10.9 Å². The summed E-state index contributed by atoms with van der Waals surface area (Å²) in [7, 11) is 1.65. The molecule has 0 aliphatic carbocycles. The summed E-state index contributed by atoms with van der Waals surface area (Å²) in [6, 6.07) is 12.6. The van der Waals surface area contributed by atoms with Crippen LogP contribution >= 0.6 is 11.3 Å². The Bertz CT molecular complexity index is 1040. The van der Waals surface area contributed by atoms with Crippen molar-refractivity contribution in [1.82, 2.24) is 9.88 Å². The lowest BCUT2D eigenvalue weighted by atomic mass is 10.0. The Morgan fingerprint density at radius 3 is 2.41 bits per heavy atom. The van der Waals surface area contributed by atoms with Crippen LogP contribution in [0.2, 0.25) is 0 Å². The van der Waals surface area contributed by atoms with Gasteiger partial charge in [-0.2, -0.15) is 0 Å². The lowest BCUT2D eigenvalue weighted by Gasteiger charge is -2.31. The van der Waals surface area contributed by atoms with E-state index in [0.717, 1.165) is 28.8 Å². The summed E-state index contributed by atoms with van der Waals surface area (Å²) in [5.41, 5.74) is 2.11. The number of likely N-dealkylation sites (tertiary alicyclic amines) is 1. The van der Waals surface area contributed by atoms with Crippen LogP contribution in [0.15, 0.2) is 42.5 Å². The number of methoxy groups -OCH3 is 1. The standard InChI is InChI=1S/C22H22N2O4S/c1-14(25)15-3-5-16(6-4-15)21(26)24-11-9-17(10-12-24)28-22-23-19-8-7-18(27-2)13-20(19)29-22/h3-8,13,17H,9-12H2,1-2H3. The van der Waals surface area contributed by atoms with Crippen LogP contribution < -0.4 is 9.47 Å². The number of fused-ring (bicyclic) bond motifs is 1. The highest BCUT2D eigenvalue weighted by Crippen LogP contribution is 2.32. The predicted molar refractivity (Wildman–Crippen MR) is 112 cm³/mol. The van der Waals surface area contributed by atoms with Crippen molar-refractivity contribution in [3.05, 3.63) is 53.6 Å². The molecule has 2 heterocycles. The predicted octanol–water partition coefficient (Wildman–Crippen LogP) is 4.19. The molecule has 1 saturated heterocycles. The molecule has 0 saturated carbocycles. The maximum Gasteiger partial charge on any atom is 0.274 e. The maximum absolute atomic E-state index is 12.7. The summed E-state index contributed by atoms with van der Waals surface area (Å²) >= 11 is 1.51. The van der Waals surface area contributed by atoms with Crippen LogP contribution in [0.4, 0.5) is 0 Å². The van der Waals surface area contributed by atoms with E-state index in [9.17, 15) is 9.59 Å². The number of rotatable bonds is 5. The van der Waals surface area contributed by atoms with E-state index < -0.39 is 0 Å². The van der Waals surface area contributed by atoms with Gasteiger partial charge >= 0.3 is 0 Å². The SMILES string of the molecule is COc1ccc2nc(OC3CCN(C(=O)c4ccc(C(C)=O)cc4)CC3)sc2c1. The van der Waals surface area contributed by atoms with Crippen LogP contribution in [0.25, 0.3) is 10.2 Å². The first-order valence-electron chi connectivity index (χ1n) is 9.55. The Hall–Kier alpha value is -2.93. The molecule has 6 nitrogen and oxygen atoms in total.